The molecule has 2 atom stereocenters. The molecule has 4 nitrogen and oxygen atoms in total. The lowest BCUT2D eigenvalue weighted by Gasteiger charge is -2.46. The Hall–Kier alpha value is -1.32. The van der Waals surface area contributed by atoms with Crippen LogP contribution in [0.1, 0.15) is 46.5 Å². The molecule has 1 aliphatic heterocycles. The van der Waals surface area contributed by atoms with Crippen molar-refractivity contribution in [2.75, 3.05) is 0 Å². The second kappa shape index (κ2) is 4.75. The highest BCUT2D eigenvalue weighted by Gasteiger charge is 2.50. The number of β-lactam (4-membered cyclic amide) rings is 1. The van der Waals surface area contributed by atoms with E-state index in [0.29, 0.717) is 0 Å². The van der Waals surface area contributed by atoms with Crippen molar-refractivity contribution in [2.45, 2.75) is 58.1 Å². The number of allylic oxidation sites excluding steroid dienone is 2. The summed E-state index contributed by atoms with van der Waals surface area (Å²) in [5.41, 5.74) is -0.552. The summed E-state index contributed by atoms with van der Waals surface area (Å²) in [6.45, 7) is 5.44. The van der Waals surface area contributed by atoms with Gasteiger partial charge in [0.2, 0.25) is 5.91 Å². The average Bonchev–Trinajstić information content (AvgIpc) is 2.19. The topological polar surface area (TPSA) is 46.6 Å². The van der Waals surface area contributed by atoms with Crippen LogP contribution in [0.2, 0.25) is 0 Å². The summed E-state index contributed by atoms with van der Waals surface area (Å²) in [6, 6.07) is 0.0392. The minimum atomic E-state index is -0.552. The zero-order valence-electron chi connectivity index (χ0n) is 11.3. The zero-order chi connectivity index (χ0) is 13.3. The van der Waals surface area contributed by atoms with E-state index in [4.69, 9.17) is 4.74 Å². The molecule has 100 valence electrons. The van der Waals surface area contributed by atoms with Crippen LogP contribution < -0.4 is 0 Å². The quantitative estimate of drug-likeness (QED) is 0.491. The lowest BCUT2D eigenvalue weighted by atomic mass is 9.80. The highest BCUT2D eigenvalue weighted by Crippen LogP contribution is 2.36. The van der Waals surface area contributed by atoms with Crippen molar-refractivity contribution in [3.05, 3.63) is 12.2 Å². The Bertz CT molecular complexity index is 381. The number of imide groups is 1. The minimum Gasteiger partial charge on any atom is -0.443 e. The summed E-state index contributed by atoms with van der Waals surface area (Å²) < 4.78 is 5.28. The van der Waals surface area contributed by atoms with E-state index in [0.717, 1.165) is 25.7 Å². The Morgan fingerprint density at radius 3 is 2.50 bits per heavy atom. The second-order valence-corrected chi connectivity index (χ2v) is 5.99. The van der Waals surface area contributed by atoms with Gasteiger partial charge < -0.3 is 4.74 Å². The summed E-state index contributed by atoms with van der Waals surface area (Å²) in [5.74, 6) is -0.0491. The Morgan fingerprint density at radius 1 is 1.28 bits per heavy atom. The number of rotatable bonds is 0. The molecule has 0 radical (unpaired) electrons. The van der Waals surface area contributed by atoms with Gasteiger partial charge >= 0.3 is 6.09 Å². The number of hydrogen-bond donors (Lipinski definition) is 0. The number of likely N-dealkylation sites (tertiary alicyclic amines) is 1. The van der Waals surface area contributed by atoms with Crippen LogP contribution in [0.3, 0.4) is 0 Å². The molecular weight excluding hydrogens is 230 g/mol. The van der Waals surface area contributed by atoms with Gasteiger partial charge in [0.15, 0.2) is 0 Å². The molecule has 1 saturated heterocycles. The Labute approximate surface area is 108 Å². The first-order chi connectivity index (χ1) is 8.40. The summed E-state index contributed by atoms with van der Waals surface area (Å²) in [4.78, 5) is 25.3. The molecule has 1 aliphatic carbocycles. The molecule has 1 heterocycles. The number of carbonyl (C=O) groups excluding carboxylic acids is 2. The molecule has 1 fully saturated rings. The number of nitrogens with zero attached hydrogens (tertiary/aromatic N) is 1. The lowest BCUT2D eigenvalue weighted by molar-refractivity contribution is -0.154. The number of fused-ring (bicyclic) bond motifs is 1. The Balaban J connectivity index is 2.04. The molecule has 2 aliphatic rings. The maximum atomic E-state index is 12.0. The van der Waals surface area contributed by atoms with Crippen LogP contribution in [-0.2, 0) is 9.53 Å². The third-order valence-electron chi connectivity index (χ3n) is 3.38. The molecule has 2 amide bonds. The third-order valence-corrected chi connectivity index (χ3v) is 3.38. The smallest absolute Gasteiger partial charge is 0.417 e. The minimum absolute atomic E-state index is 0.0162. The Morgan fingerprint density at radius 2 is 1.89 bits per heavy atom. The van der Waals surface area contributed by atoms with Gasteiger partial charge in [0.1, 0.15) is 5.60 Å². The van der Waals surface area contributed by atoms with Crippen molar-refractivity contribution in [3.8, 4) is 0 Å². The van der Waals surface area contributed by atoms with Gasteiger partial charge in [0, 0.05) is 0 Å². The number of amides is 2. The molecule has 4 heteroatoms. The van der Waals surface area contributed by atoms with Crippen LogP contribution >= 0.6 is 0 Å². The van der Waals surface area contributed by atoms with E-state index in [2.05, 4.69) is 12.2 Å². The molecule has 0 spiro atoms. The molecule has 18 heavy (non-hydrogen) atoms. The normalized spacial score (nSPS) is 29.7. The van der Waals surface area contributed by atoms with Gasteiger partial charge in [-0.15, -0.1) is 0 Å². The van der Waals surface area contributed by atoms with Gasteiger partial charge in [-0.3, -0.25) is 4.79 Å². The maximum Gasteiger partial charge on any atom is 0.417 e. The van der Waals surface area contributed by atoms with Gasteiger partial charge in [0.25, 0.3) is 0 Å². The number of ether oxygens (including phenoxy) is 1. The average molecular weight is 251 g/mol. The molecule has 2 unspecified atom stereocenters. The highest BCUT2D eigenvalue weighted by molar-refractivity contribution is 5.99. The van der Waals surface area contributed by atoms with Crippen molar-refractivity contribution in [1.29, 1.82) is 0 Å². The number of hydrogen-bond acceptors (Lipinski definition) is 3. The molecule has 0 aromatic carbocycles. The molecule has 0 saturated carbocycles. The SMILES string of the molecule is CC(C)(C)OC(=O)N1C(=O)C2CC/C=C\CCC21. The van der Waals surface area contributed by atoms with Gasteiger partial charge in [-0.1, -0.05) is 12.2 Å². The standard InChI is InChI=1S/C14H21NO3/c1-14(2,3)18-13(17)15-11-9-7-5-4-6-8-10(11)12(15)16/h4-5,10-11H,6-9H2,1-3H3/b5-4-. The summed E-state index contributed by atoms with van der Waals surface area (Å²) in [7, 11) is 0. The van der Waals surface area contributed by atoms with Gasteiger partial charge in [-0.05, 0) is 46.5 Å². The van der Waals surface area contributed by atoms with Crippen molar-refractivity contribution in [2.24, 2.45) is 5.92 Å². The van der Waals surface area contributed by atoms with Crippen molar-refractivity contribution in [3.63, 3.8) is 0 Å². The maximum absolute atomic E-state index is 12.0. The van der Waals surface area contributed by atoms with E-state index < -0.39 is 11.7 Å². The monoisotopic (exact) mass is 251 g/mol. The predicted molar refractivity (Wildman–Crippen MR) is 68.0 cm³/mol. The van der Waals surface area contributed by atoms with Crippen molar-refractivity contribution < 1.29 is 14.3 Å². The van der Waals surface area contributed by atoms with E-state index in [9.17, 15) is 9.59 Å². The fourth-order valence-electron chi connectivity index (χ4n) is 2.57. The summed E-state index contributed by atoms with van der Waals surface area (Å²) >= 11 is 0. The van der Waals surface area contributed by atoms with Crippen LogP contribution in [0.25, 0.3) is 0 Å². The first-order valence-electron chi connectivity index (χ1n) is 6.61. The highest BCUT2D eigenvalue weighted by atomic mass is 16.6. The Kier molecular flexibility index (Phi) is 3.46. The molecule has 0 aromatic heterocycles. The molecule has 0 N–H and O–H groups in total. The van der Waals surface area contributed by atoms with Crippen molar-refractivity contribution in [1.82, 2.24) is 4.90 Å². The van der Waals surface area contributed by atoms with E-state index >= 15 is 0 Å². The van der Waals surface area contributed by atoms with E-state index in [1.54, 1.807) is 0 Å². The van der Waals surface area contributed by atoms with E-state index in [1.807, 2.05) is 20.8 Å². The molecular formula is C14H21NO3. The van der Waals surface area contributed by atoms with Gasteiger partial charge in [-0.2, -0.15) is 0 Å². The van der Waals surface area contributed by atoms with Crippen LogP contribution in [0.5, 0.6) is 0 Å². The fourth-order valence-corrected chi connectivity index (χ4v) is 2.57. The number of carbonyl (C=O) groups is 2. The van der Waals surface area contributed by atoms with Crippen LogP contribution in [0.15, 0.2) is 12.2 Å². The van der Waals surface area contributed by atoms with Crippen LogP contribution in [0, 0.1) is 5.92 Å². The van der Waals surface area contributed by atoms with Crippen molar-refractivity contribution >= 4 is 12.0 Å². The second-order valence-electron chi connectivity index (χ2n) is 5.99. The van der Waals surface area contributed by atoms with Crippen LogP contribution in [0.4, 0.5) is 4.79 Å². The molecule has 2 rings (SSSR count). The summed E-state index contributed by atoms with van der Waals surface area (Å²) in [6.07, 6.45) is 7.32. The summed E-state index contributed by atoms with van der Waals surface area (Å²) in [5, 5.41) is 0. The van der Waals surface area contributed by atoms with E-state index in [-0.39, 0.29) is 17.9 Å². The first kappa shape index (κ1) is 13.1. The molecule has 0 bridgehead atoms. The zero-order valence-corrected chi connectivity index (χ0v) is 11.3. The first-order valence-corrected chi connectivity index (χ1v) is 6.61. The largest absolute Gasteiger partial charge is 0.443 e. The lowest BCUT2D eigenvalue weighted by Crippen LogP contribution is -2.63. The van der Waals surface area contributed by atoms with Gasteiger partial charge in [0.05, 0.1) is 12.0 Å². The third kappa shape index (κ3) is 2.57. The fraction of sp³-hybridized carbons (Fsp3) is 0.714. The van der Waals surface area contributed by atoms with Gasteiger partial charge in [-0.25, -0.2) is 9.69 Å². The molecule has 0 aromatic rings. The van der Waals surface area contributed by atoms with E-state index in [1.165, 1.54) is 4.90 Å². The van der Waals surface area contributed by atoms with Crippen LogP contribution in [-0.4, -0.2) is 28.5 Å². The predicted octanol–water partition coefficient (Wildman–Crippen LogP) is 2.88.